The molecule has 0 amide bonds. The van der Waals surface area contributed by atoms with Gasteiger partial charge in [0.05, 0.1) is 15.5 Å². The number of nitro benzene ring substituents is 1. The van der Waals surface area contributed by atoms with Gasteiger partial charge in [0.15, 0.2) is 6.35 Å². The Hall–Kier alpha value is -1.55. The van der Waals surface area contributed by atoms with Crippen molar-refractivity contribution in [2.45, 2.75) is 6.18 Å². The molecular weight excluding hydrogens is 474 g/mol. The molecule has 0 fully saturated rings. The Morgan fingerprint density at radius 2 is 1.79 bits per heavy atom. The second-order valence-corrected chi connectivity index (χ2v) is 14.4. The second-order valence-electron chi connectivity index (χ2n) is 5.38. The van der Waals surface area contributed by atoms with Crippen molar-refractivity contribution in [1.82, 2.24) is 0 Å². The molecule has 0 bridgehead atoms. The van der Waals surface area contributed by atoms with Gasteiger partial charge in [0.1, 0.15) is 11.5 Å². The molecule has 29 heavy (non-hydrogen) atoms. The van der Waals surface area contributed by atoms with Crippen molar-refractivity contribution in [2.24, 2.45) is 0 Å². The minimum Gasteiger partial charge on any atom is -0.477 e. The number of nitrogens with zero attached hydrogens (tertiary/aromatic N) is 1. The normalized spacial score (nSPS) is 11.9. The molecule has 0 heterocycles. The number of ether oxygens (including phenoxy) is 2. The first-order valence-corrected chi connectivity index (χ1v) is 13.6. The van der Waals surface area contributed by atoms with Crippen molar-refractivity contribution in [3.8, 4) is 17.2 Å². The van der Waals surface area contributed by atoms with Gasteiger partial charge in [0.2, 0.25) is 11.3 Å². The standard InChI is InChI=1S/C16H14ClF3NO5PS2/c1-28-27(24,29-2)9-25-15-8-11(4-5-13(15)21(22)23)26-14-6-3-10(7-12(14)17)16(18,19)20/h3-8H,9H2,1-2H3. The summed E-state index contributed by atoms with van der Waals surface area (Å²) in [7, 11) is 0. The summed E-state index contributed by atoms with van der Waals surface area (Å²) >= 11 is 8.06. The molecule has 0 N–H and O–H groups in total. The Kier molecular flexibility index (Phi) is 7.78. The molecule has 2 aromatic rings. The molecule has 0 unspecified atom stereocenters. The Morgan fingerprint density at radius 3 is 2.31 bits per heavy atom. The van der Waals surface area contributed by atoms with E-state index < -0.39 is 22.2 Å². The average Bonchev–Trinajstić information content (AvgIpc) is 2.66. The molecule has 2 aromatic carbocycles. The molecule has 0 aliphatic carbocycles. The fourth-order valence-corrected chi connectivity index (χ4v) is 5.65. The predicted octanol–water partition coefficient (Wildman–Crippen LogP) is 7.31. The van der Waals surface area contributed by atoms with Gasteiger partial charge >= 0.3 is 11.9 Å². The second kappa shape index (κ2) is 9.51. The molecule has 0 spiro atoms. The zero-order chi connectivity index (χ0) is 21.8. The van der Waals surface area contributed by atoms with E-state index in [2.05, 4.69) is 0 Å². The summed E-state index contributed by atoms with van der Waals surface area (Å²) in [6, 6.07) is 6.12. The maximum atomic E-state index is 12.7. The number of hydrogen-bond donors (Lipinski definition) is 0. The number of nitro groups is 1. The number of benzene rings is 2. The van der Waals surface area contributed by atoms with Gasteiger partial charge in [0, 0.05) is 12.1 Å². The van der Waals surface area contributed by atoms with Crippen LogP contribution < -0.4 is 9.47 Å². The molecule has 13 heteroatoms. The van der Waals surface area contributed by atoms with Crippen LogP contribution in [0.1, 0.15) is 5.56 Å². The summed E-state index contributed by atoms with van der Waals surface area (Å²) in [5.74, 6) is -0.201. The van der Waals surface area contributed by atoms with E-state index in [1.807, 2.05) is 0 Å². The highest BCUT2D eigenvalue weighted by Crippen LogP contribution is 2.66. The van der Waals surface area contributed by atoms with Crippen molar-refractivity contribution in [1.29, 1.82) is 0 Å². The predicted molar refractivity (Wildman–Crippen MR) is 110 cm³/mol. The zero-order valence-corrected chi connectivity index (χ0v) is 18.2. The van der Waals surface area contributed by atoms with E-state index in [1.165, 1.54) is 12.1 Å². The van der Waals surface area contributed by atoms with Crippen LogP contribution in [0, 0.1) is 10.1 Å². The van der Waals surface area contributed by atoms with E-state index in [9.17, 15) is 27.9 Å². The van der Waals surface area contributed by atoms with E-state index >= 15 is 0 Å². The van der Waals surface area contributed by atoms with Gasteiger partial charge in [-0.25, -0.2) is 0 Å². The van der Waals surface area contributed by atoms with E-state index in [0.29, 0.717) is 6.07 Å². The molecule has 0 aliphatic rings. The molecule has 0 aliphatic heterocycles. The third-order valence-electron chi connectivity index (χ3n) is 3.55. The largest absolute Gasteiger partial charge is 0.477 e. The molecule has 6 nitrogen and oxygen atoms in total. The Labute approximate surface area is 177 Å². The van der Waals surface area contributed by atoms with Crippen LogP contribution in [0.15, 0.2) is 36.4 Å². The minimum absolute atomic E-state index is 0.0513. The molecular formula is C16H14ClF3NO5PS2. The fourth-order valence-electron chi connectivity index (χ4n) is 2.04. The van der Waals surface area contributed by atoms with Crippen LogP contribution in [-0.2, 0) is 10.7 Å². The highest BCUT2D eigenvalue weighted by atomic mass is 35.5. The summed E-state index contributed by atoms with van der Waals surface area (Å²) in [6.07, 6.45) is -1.53. The molecule has 158 valence electrons. The summed E-state index contributed by atoms with van der Waals surface area (Å²) in [6.45, 7) is 0. The van der Waals surface area contributed by atoms with Gasteiger partial charge in [-0.05, 0) is 36.8 Å². The van der Waals surface area contributed by atoms with E-state index in [1.54, 1.807) is 12.5 Å². The number of hydrogen-bond acceptors (Lipinski definition) is 7. The quantitative estimate of drug-likeness (QED) is 0.219. The van der Waals surface area contributed by atoms with Gasteiger partial charge in [-0.15, -0.1) is 0 Å². The lowest BCUT2D eigenvalue weighted by Gasteiger charge is -2.15. The first-order valence-electron chi connectivity index (χ1n) is 7.65. The number of alkyl halides is 3. The summed E-state index contributed by atoms with van der Waals surface area (Å²) in [5.41, 5.74) is -4.10. The minimum atomic E-state index is -4.56. The van der Waals surface area contributed by atoms with Crippen molar-refractivity contribution in [3.05, 3.63) is 57.1 Å². The molecule has 0 saturated carbocycles. The lowest BCUT2D eigenvalue weighted by atomic mass is 10.2. The summed E-state index contributed by atoms with van der Waals surface area (Å²) in [4.78, 5) is 10.5. The highest BCUT2D eigenvalue weighted by Gasteiger charge is 2.31. The Balaban J connectivity index is 2.31. The molecule has 2 rings (SSSR count). The lowest BCUT2D eigenvalue weighted by molar-refractivity contribution is -0.385. The summed E-state index contributed by atoms with van der Waals surface area (Å²) < 4.78 is 61.5. The first-order chi connectivity index (χ1) is 13.5. The van der Waals surface area contributed by atoms with Gasteiger partial charge in [0.25, 0.3) is 0 Å². The average molecular weight is 488 g/mol. The topological polar surface area (TPSA) is 78.7 Å². The van der Waals surface area contributed by atoms with Gasteiger partial charge < -0.3 is 9.47 Å². The van der Waals surface area contributed by atoms with Gasteiger partial charge in [-0.1, -0.05) is 34.4 Å². The van der Waals surface area contributed by atoms with Crippen molar-refractivity contribution in [2.75, 3.05) is 18.9 Å². The van der Waals surface area contributed by atoms with Crippen LogP contribution in [-0.4, -0.2) is 23.8 Å². The van der Waals surface area contributed by atoms with Gasteiger partial charge in [-0.2, -0.15) is 13.2 Å². The number of halogens is 4. The SMILES string of the molecule is CSP(=O)(COc1cc(Oc2ccc(C(F)(F)F)cc2Cl)ccc1[N+](=O)[O-])SC. The molecule has 0 aromatic heterocycles. The van der Waals surface area contributed by atoms with Crippen molar-refractivity contribution in [3.63, 3.8) is 0 Å². The van der Waals surface area contributed by atoms with Crippen LogP contribution >= 0.6 is 39.9 Å². The maximum Gasteiger partial charge on any atom is 0.416 e. The third kappa shape index (κ3) is 6.21. The molecule has 0 saturated heterocycles. The van der Waals surface area contributed by atoms with E-state index in [4.69, 9.17) is 21.1 Å². The van der Waals surface area contributed by atoms with Crippen molar-refractivity contribution >= 4 is 45.6 Å². The van der Waals surface area contributed by atoms with Crippen LogP contribution in [0.3, 0.4) is 0 Å². The maximum absolute atomic E-state index is 12.7. The zero-order valence-electron chi connectivity index (χ0n) is 14.9. The van der Waals surface area contributed by atoms with E-state index in [0.717, 1.165) is 41.0 Å². The van der Waals surface area contributed by atoms with Crippen LogP contribution in [0.2, 0.25) is 5.02 Å². The highest BCUT2D eigenvalue weighted by molar-refractivity contribution is 8.90. The third-order valence-corrected chi connectivity index (χ3v) is 12.1. The van der Waals surface area contributed by atoms with Crippen LogP contribution in [0.4, 0.5) is 18.9 Å². The smallest absolute Gasteiger partial charge is 0.416 e. The van der Waals surface area contributed by atoms with Crippen LogP contribution in [0.5, 0.6) is 17.2 Å². The first kappa shape index (κ1) is 23.7. The van der Waals surface area contributed by atoms with Crippen LogP contribution in [0.25, 0.3) is 0 Å². The van der Waals surface area contributed by atoms with Crippen molar-refractivity contribution < 1.29 is 32.1 Å². The fraction of sp³-hybridized carbons (Fsp3) is 0.250. The molecule has 0 atom stereocenters. The summed E-state index contributed by atoms with van der Waals surface area (Å²) in [5, 5.41) is 10.9. The van der Waals surface area contributed by atoms with Gasteiger partial charge in [-0.3, -0.25) is 14.7 Å². The lowest BCUT2D eigenvalue weighted by Crippen LogP contribution is -2.04. The monoisotopic (exact) mass is 487 g/mol. The number of rotatable bonds is 8. The Morgan fingerprint density at radius 1 is 1.14 bits per heavy atom. The molecule has 0 radical (unpaired) electrons. The Bertz CT molecular complexity index is 953. The van der Waals surface area contributed by atoms with E-state index in [-0.39, 0.29) is 34.3 Å².